The number of aromatic hydroxyl groups is 1. The van der Waals surface area contributed by atoms with Crippen LogP contribution in [0.4, 0.5) is 18.9 Å². The summed E-state index contributed by atoms with van der Waals surface area (Å²) in [6, 6.07) is 8.07. The summed E-state index contributed by atoms with van der Waals surface area (Å²) >= 11 is 0. The number of phenols is 1. The zero-order chi connectivity index (χ0) is 23.6. The maximum atomic E-state index is 13.1. The maximum absolute atomic E-state index is 13.1. The molecule has 1 aliphatic rings. The molecular formula is C23H24F3N3O3. The number of carbonyl (C=O) groups is 2. The summed E-state index contributed by atoms with van der Waals surface area (Å²) in [4.78, 5) is 30.3. The number of carbonyl (C=O) groups excluding carboxylic acids is 2. The van der Waals surface area contributed by atoms with E-state index in [-0.39, 0.29) is 24.6 Å². The first-order valence-electron chi connectivity index (χ1n) is 9.88. The van der Waals surface area contributed by atoms with Gasteiger partial charge in [-0.15, -0.1) is 0 Å². The second-order valence-electron chi connectivity index (χ2n) is 7.87. The molecule has 170 valence electrons. The van der Waals surface area contributed by atoms with Crippen molar-refractivity contribution in [2.45, 2.75) is 19.3 Å². The SMILES string of the molecule is CN(C)C/C=C/C(=O)N(C)c1cccc2c1CN(C(=O)c1ccc(O)c(C(F)(F)F)c1)C2. The van der Waals surface area contributed by atoms with Crippen molar-refractivity contribution in [3.63, 3.8) is 0 Å². The quantitative estimate of drug-likeness (QED) is 0.711. The van der Waals surface area contributed by atoms with Gasteiger partial charge in [-0.3, -0.25) is 9.59 Å². The first kappa shape index (κ1) is 23.3. The van der Waals surface area contributed by atoms with E-state index in [1.54, 1.807) is 25.3 Å². The van der Waals surface area contributed by atoms with Crippen molar-refractivity contribution in [3.8, 4) is 5.75 Å². The highest BCUT2D eigenvalue weighted by Gasteiger charge is 2.35. The van der Waals surface area contributed by atoms with E-state index in [4.69, 9.17) is 0 Å². The first-order chi connectivity index (χ1) is 15.0. The predicted octanol–water partition coefficient (Wildman–Crippen LogP) is 3.65. The van der Waals surface area contributed by atoms with Gasteiger partial charge in [0.25, 0.3) is 5.91 Å². The highest BCUT2D eigenvalue weighted by atomic mass is 19.4. The molecule has 1 aliphatic heterocycles. The zero-order valence-electron chi connectivity index (χ0n) is 18.0. The van der Waals surface area contributed by atoms with Crippen LogP contribution in [0.5, 0.6) is 5.75 Å². The van der Waals surface area contributed by atoms with Gasteiger partial charge in [-0.2, -0.15) is 13.2 Å². The Labute approximate surface area is 184 Å². The lowest BCUT2D eigenvalue weighted by Crippen LogP contribution is -2.27. The van der Waals surface area contributed by atoms with Crippen LogP contribution in [0.3, 0.4) is 0 Å². The number of alkyl halides is 3. The van der Waals surface area contributed by atoms with Crippen LogP contribution in [0.15, 0.2) is 48.6 Å². The van der Waals surface area contributed by atoms with Crippen molar-refractivity contribution in [2.24, 2.45) is 0 Å². The fourth-order valence-electron chi connectivity index (χ4n) is 3.54. The molecule has 0 unspecified atom stereocenters. The van der Waals surface area contributed by atoms with Gasteiger partial charge in [-0.25, -0.2) is 0 Å². The lowest BCUT2D eigenvalue weighted by atomic mass is 10.1. The van der Waals surface area contributed by atoms with Gasteiger partial charge in [0.2, 0.25) is 5.91 Å². The van der Waals surface area contributed by atoms with Crippen LogP contribution < -0.4 is 4.90 Å². The highest BCUT2D eigenvalue weighted by Crippen LogP contribution is 2.37. The number of likely N-dealkylation sites (N-methyl/N-ethyl adjacent to an activating group) is 2. The Morgan fingerprint density at radius 3 is 2.50 bits per heavy atom. The third kappa shape index (κ3) is 4.94. The van der Waals surface area contributed by atoms with Crippen LogP contribution >= 0.6 is 0 Å². The third-order valence-electron chi connectivity index (χ3n) is 5.22. The van der Waals surface area contributed by atoms with Crippen LogP contribution in [0.2, 0.25) is 0 Å². The Morgan fingerprint density at radius 2 is 1.84 bits per heavy atom. The molecule has 0 aromatic heterocycles. The van der Waals surface area contributed by atoms with E-state index in [1.807, 2.05) is 25.1 Å². The number of amides is 2. The lowest BCUT2D eigenvalue weighted by Gasteiger charge is -2.20. The smallest absolute Gasteiger partial charge is 0.419 e. The molecule has 1 heterocycles. The number of fused-ring (bicyclic) bond motifs is 1. The average Bonchev–Trinajstić information content (AvgIpc) is 3.16. The summed E-state index contributed by atoms with van der Waals surface area (Å²) in [5, 5.41) is 9.51. The number of halogens is 3. The largest absolute Gasteiger partial charge is 0.507 e. The van der Waals surface area contributed by atoms with Crippen LogP contribution in [0.25, 0.3) is 0 Å². The van der Waals surface area contributed by atoms with Gasteiger partial charge in [0.15, 0.2) is 0 Å². The number of benzene rings is 2. The highest BCUT2D eigenvalue weighted by molar-refractivity contribution is 6.02. The van der Waals surface area contributed by atoms with Gasteiger partial charge in [0.05, 0.1) is 5.56 Å². The molecule has 2 amide bonds. The van der Waals surface area contributed by atoms with E-state index in [1.165, 1.54) is 21.9 Å². The molecule has 0 aliphatic carbocycles. The molecule has 2 aromatic carbocycles. The van der Waals surface area contributed by atoms with E-state index in [2.05, 4.69) is 0 Å². The zero-order valence-corrected chi connectivity index (χ0v) is 18.0. The summed E-state index contributed by atoms with van der Waals surface area (Å²) in [5.74, 6) is -1.74. The molecule has 0 atom stereocenters. The topological polar surface area (TPSA) is 64.1 Å². The van der Waals surface area contributed by atoms with Crippen molar-refractivity contribution >= 4 is 17.5 Å². The maximum Gasteiger partial charge on any atom is 0.419 e. The van der Waals surface area contributed by atoms with Crippen LogP contribution in [-0.4, -0.2) is 54.4 Å². The minimum absolute atomic E-state index is 0.158. The Kier molecular flexibility index (Phi) is 6.59. The molecule has 6 nitrogen and oxygen atoms in total. The number of anilines is 1. The summed E-state index contributed by atoms with van der Waals surface area (Å²) in [5.41, 5.74) is 0.810. The molecule has 1 N–H and O–H groups in total. The van der Waals surface area contributed by atoms with E-state index in [0.29, 0.717) is 18.3 Å². The van der Waals surface area contributed by atoms with Crippen molar-refractivity contribution < 1.29 is 27.9 Å². The molecule has 0 spiro atoms. The number of nitrogens with zero attached hydrogens (tertiary/aromatic N) is 3. The van der Waals surface area contributed by atoms with Gasteiger partial charge in [-0.1, -0.05) is 18.2 Å². The molecule has 9 heteroatoms. The number of phenolic OH excluding ortho intramolecular Hbond substituents is 1. The van der Waals surface area contributed by atoms with Crippen LogP contribution in [-0.2, 0) is 24.1 Å². The minimum atomic E-state index is -4.77. The Hall–Kier alpha value is -3.33. The number of rotatable bonds is 5. The van der Waals surface area contributed by atoms with Gasteiger partial charge in [0.1, 0.15) is 5.75 Å². The first-order valence-corrected chi connectivity index (χ1v) is 9.88. The van der Waals surface area contributed by atoms with Crippen LogP contribution in [0.1, 0.15) is 27.0 Å². The molecule has 3 rings (SSSR count). The lowest BCUT2D eigenvalue weighted by molar-refractivity contribution is -0.138. The van der Waals surface area contributed by atoms with E-state index in [0.717, 1.165) is 17.2 Å². The van der Waals surface area contributed by atoms with Gasteiger partial charge in [0, 0.05) is 49.6 Å². The van der Waals surface area contributed by atoms with Gasteiger partial charge in [-0.05, 0) is 43.9 Å². The normalized spacial score (nSPS) is 13.7. The molecule has 0 radical (unpaired) electrons. The van der Waals surface area contributed by atoms with Gasteiger partial charge >= 0.3 is 6.18 Å². The average molecular weight is 447 g/mol. The summed E-state index contributed by atoms with van der Waals surface area (Å²) in [6.45, 7) is 0.982. The van der Waals surface area contributed by atoms with Crippen molar-refractivity contribution in [1.29, 1.82) is 0 Å². The fourth-order valence-corrected chi connectivity index (χ4v) is 3.54. The molecule has 32 heavy (non-hydrogen) atoms. The monoisotopic (exact) mass is 447 g/mol. The molecule has 0 bridgehead atoms. The van der Waals surface area contributed by atoms with Crippen molar-refractivity contribution in [3.05, 3.63) is 70.8 Å². The van der Waals surface area contributed by atoms with E-state index in [9.17, 15) is 27.9 Å². The summed E-state index contributed by atoms with van der Waals surface area (Å²) in [7, 11) is 5.41. The Balaban J connectivity index is 1.82. The standard InChI is InChI=1S/C23H24F3N3O3/c1-27(2)11-5-8-21(31)28(3)19-7-4-6-16-13-29(14-17(16)19)22(32)15-9-10-20(30)18(12-15)23(24,25)26/h4-10,12,30H,11,13-14H2,1-3H3/b8-5+. The summed E-state index contributed by atoms with van der Waals surface area (Å²) < 4.78 is 39.3. The van der Waals surface area contributed by atoms with E-state index < -0.39 is 23.4 Å². The minimum Gasteiger partial charge on any atom is -0.507 e. The second-order valence-corrected chi connectivity index (χ2v) is 7.87. The summed E-state index contributed by atoms with van der Waals surface area (Å²) in [6.07, 6.45) is -1.54. The van der Waals surface area contributed by atoms with Crippen LogP contribution in [0, 0.1) is 0 Å². The molecular weight excluding hydrogens is 423 g/mol. The fraction of sp³-hybridized carbons (Fsp3) is 0.304. The van der Waals surface area contributed by atoms with Crippen molar-refractivity contribution in [1.82, 2.24) is 9.80 Å². The number of hydrogen-bond acceptors (Lipinski definition) is 4. The molecule has 2 aromatic rings. The predicted molar refractivity (Wildman–Crippen MR) is 114 cm³/mol. The van der Waals surface area contributed by atoms with Crippen molar-refractivity contribution in [2.75, 3.05) is 32.6 Å². The molecule has 0 fully saturated rings. The number of hydrogen-bond donors (Lipinski definition) is 1. The van der Waals surface area contributed by atoms with Gasteiger partial charge < -0.3 is 19.8 Å². The molecule has 0 saturated carbocycles. The third-order valence-corrected chi connectivity index (χ3v) is 5.22. The van der Waals surface area contributed by atoms with E-state index >= 15 is 0 Å². The Bertz CT molecular complexity index is 1060. The Morgan fingerprint density at radius 1 is 1.12 bits per heavy atom. The second kappa shape index (κ2) is 9.04. The molecule has 0 saturated heterocycles.